The van der Waals surface area contributed by atoms with Gasteiger partial charge in [0.1, 0.15) is 6.33 Å². The van der Waals surface area contributed by atoms with Crippen molar-refractivity contribution in [2.45, 2.75) is 26.3 Å². The number of aryl methyl sites for hydroxylation is 2. The SMILES string of the molecule is Cc1ncnc(C)c1C(=O)N1CC2CN(CC[C@@H](N)c3ccccc3)CC2C1. The first kappa shape index (κ1) is 19.0. The zero-order valence-corrected chi connectivity index (χ0v) is 16.7. The Morgan fingerprint density at radius 3 is 2.29 bits per heavy atom. The largest absolute Gasteiger partial charge is 0.338 e. The van der Waals surface area contributed by atoms with E-state index in [1.807, 2.05) is 36.9 Å². The first-order valence-electron chi connectivity index (χ1n) is 10.1. The van der Waals surface area contributed by atoms with Crippen LogP contribution in [-0.4, -0.2) is 58.4 Å². The molecule has 4 rings (SSSR count). The van der Waals surface area contributed by atoms with Crippen LogP contribution in [0.15, 0.2) is 36.7 Å². The number of hydrogen-bond donors (Lipinski definition) is 1. The van der Waals surface area contributed by atoms with Crippen LogP contribution >= 0.6 is 0 Å². The van der Waals surface area contributed by atoms with Gasteiger partial charge >= 0.3 is 0 Å². The number of hydrogen-bond acceptors (Lipinski definition) is 5. The molecule has 1 aromatic heterocycles. The van der Waals surface area contributed by atoms with Crippen LogP contribution in [0.1, 0.15) is 39.8 Å². The third kappa shape index (κ3) is 3.80. The number of likely N-dealkylation sites (tertiary alicyclic amines) is 2. The zero-order valence-electron chi connectivity index (χ0n) is 16.7. The van der Waals surface area contributed by atoms with Gasteiger partial charge in [-0.3, -0.25) is 4.79 Å². The third-order valence-corrected chi connectivity index (χ3v) is 6.27. The summed E-state index contributed by atoms with van der Waals surface area (Å²) < 4.78 is 0. The lowest BCUT2D eigenvalue weighted by Crippen LogP contribution is -2.35. The summed E-state index contributed by atoms with van der Waals surface area (Å²) in [5.74, 6) is 1.20. The maximum absolute atomic E-state index is 13.0. The zero-order chi connectivity index (χ0) is 19.7. The monoisotopic (exact) mass is 379 g/mol. The van der Waals surface area contributed by atoms with Gasteiger partial charge in [0.05, 0.1) is 17.0 Å². The van der Waals surface area contributed by atoms with Gasteiger partial charge in [0.15, 0.2) is 0 Å². The van der Waals surface area contributed by atoms with Crippen molar-refractivity contribution in [3.05, 3.63) is 59.2 Å². The topological polar surface area (TPSA) is 75.4 Å². The van der Waals surface area contributed by atoms with Gasteiger partial charge in [-0.1, -0.05) is 30.3 Å². The fraction of sp³-hybridized carbons (Fsp3) is 0.500. The summed E-state index contributed by atoms with van der Waals surface area (Å²) in [7, 11) is 0. The maximum atomic E-state index is 13.0. The Balaban J connectivity index is 1.31. The van der Waals surface area contributed by atoms with E-state index < -0.39 is 0 Å². The van der Waals surface area contributed by atoms with Crippen molar-refractivity contribution >= 4 is 5.91 Å². The van der Waals surface area contributed by atoms with Crippen molar-refractivity contribution in [2.24, 2.45) is 17.6 Å². The molecule has 2 aliphatic heterocycles. The normalized spacial score (nSPS) is 23.0. The van der Waals surface area contributed by atoms with E-state index in [1.54, 1.807) is 0 Å². The third-order valence-electron chi connectivity index (χ3n) is 6.27. The van der Waals surface area contributed by atoms with E-state index >= 15 is 0 Å². The van der Waals surface area contributed by atoms with E-state index in [2.05, 4.69) is 27.0 Å². The summed E-state index contributed by atoms with van der Waals surface area (Å²) in [5.41, 5.74) is 9.77. The molecule has 2 fully saturated rings. The van der Waals surface area contributed by atoms with E-state index in [1.165, 1.54) is 11.9 Å². The van der Waals surface area contributed by atoms with Crippen LogP contribution < -0.4 is 5.73 Å². The van der Waals surface area contributed by atoms with Crippen LogP contribution in [0.3, 0.4) is 0 Å². The van der Waals surface area contributed by atoms with Crippen LogP contribution in [0, 0.1) is 25.7 Å². The molecule has 3 atom stereocenters. The lowest BCUT2D eigenvalue weighted by atomic mass is 10.0. The molecule has 2 saturated heterocycles. The van der Waals surface area contributed by atoms with E-state index in [4.69, 9.17) is 5.73 Å². The number of benzene rings is 1. The first-order valence-corrected chi connectivity index (χ1v) is 10.1. The van der Waals surface area contributed by atoms with Crippen LogP contribution in [0.4, 0.5) is 0 Å². The Labute approximate surface area is 166 Å². The molecule has 0 radical (unpaired) electrons. The molecule has 2 N–H and O–H groups in total. The van der Waals surface area contributed by atoms with Crippen molar-refractivity contribution in [3.63, 3.8) is 0 Å². The molecule has 0 bridgehead atoms. The second-order valence-corrected chi connectivity index (χ2v) is 8.22. The van der Waals surface area contributed by atoms with Crippen molar-refractivity contribution in [2.75, 3.05) is 32.7 Å². The molecule has 1 aromatic carbocycles. The predicted molar refractivity (Wildman–Crippen MR) is 109 cm³/mol. The van der Waals surface area contributed by atoms with Crippen LogP contribution in [-0.2, 0) is 0 Å². The van der Waals surface area contributed by atoms with Gasteiger partial charge in [0.25, 0.3) is 5.91 Å². The molecule has 28 heavy (non-hydrogen) atoms. The molecule has 2 aromatic rings. The molecule has 0 spiro atoms. The predicted octanol–water partition coefficient (Wildman–Crippen LogP) is 2.19. The number of amides is 1. The summed E-state index contributed by atoms with van der Waals surface area (Å²) in [6, 6.07) is 10.4. The molecule has 148 valence electrons. The smallest absolute Gasteiger partial charge is 0.257 e. The molecule has 2 aliphatic rings. The van der Waals surface area contributed by atoms with E-state index in [-0.39, 0.29) is 11.9 Å². The number of aromatic nitrogens is 2. The minimum absolute atomic E-state index is 0.0858. The van der Waals surface area contributed by atoms with Crippen LogP contribution in [0.25, 0.3) is 0 Å². The Hall–Kier alpha value is -2.31. The standard InChI is InChI=1S/C22H29N5O/c1-15-21(16(2)25-14-24-15)22(28)27-12-18-10-26(11-19(18)13-27)9-8-20(23)17-6-4-3-5-7-17/h3-7,14,18-20H,8-13,23H2,1-2H3/t18?,19?,20-/m1/s1. The Bertz CT molecular complexity index is 806. The quantitative estimate of drug-likeness (QED) is 0.862. The molecule has 0 saturated carbocycles. The highest BCUT2D eigenvalue weighted by molar-refractivity contribution is 5.96. The number of nitrogens with zero attached hydrogens (tertiary/aromatic N) is 4. The van der Waals surface area contributed by atoms with Crippen LogP contribution in [0.5, 0.6) is 0 Å². The van der Waals surface area contributed by atoms with Crippen LogP contribution in [0.2, 0.25) is 0 Å². The van der Waals surface area contributed by atoms with Gasteiger partial charge in [-0.05, 0) is 44.2 Å². The molecule has 6 nitrogen and oxygen atoms in total. The molecule has 1 amide bonds. The second-order valence-electron chi connectivity index (χ2n) is 8.22. The van der Waals surface area contributed by atoms with Crippen molar-refractivity contribution < 1.29 is 4.79 Å². The molecule has 2 unspecified atom stereocenters. The highest BCUT2D eigenvalue weighted by atomic mass is 16.2. The molecule has 0 aliphatic carbocycles. The fourth-order valence-corrected chi connectivity index (χ4v) is 4.69. The Morgan fingerprint density at radius 1 is 1.07 bits per heavy atom. The Morgan fingerprint density at radius 2 is 1.68 bits per heavy atom. The average Bonchev–Trinajstić information content (AvgIpc) is 3.25. The molecule has 6 heteroatoms. The fourth-order valence-electron chi connectivity index (χ4n) is 4.69. The molecular weight excluding hydrogens is 350 g/mol. The lowest BCUT2D eigenvalue weighted by molar-refractivity contribution is 0.0771. The number of rotatable bonds is 5. The van der Waals surface area contributed by atoms with Gasteiger partial charge in [0, 0.05) is 32.2 Å². The van der Waals surface area contributed by atoms with Gasteiger partial charge < -0.3 is 15.5 Å². The van der Waals surface area contributed by atoms with Crippen molar-refractivity contribution in [1.29, 1.82) is 0 Å². The van der Waals surface area contributed by atoms with Crippen molar-refractivity contribution in [1.82, 2.24) is 19.8 Å². The minimum atomic E-state index is 0.0858. The molecule has 3 heterocycles. The number of nitrogens with two attached hydrogens (primary N) is 1. The van der Waals surface area contributed by atoms with Gasteiger partial charge in [-0.15, -0.1) is 0 Å². The lowest BCUT2D eigenvalue weighted by Gasteiger charge is -2.23. The minimum Gasteiger partial charge on any atom is -0.338 e. The Kier molecular flexibility index (Phi) is 5.42. The highest BCUT2D eigenvalue weighted by Gasteiger charge is 2.42. The summed E-state index contributed by atoms with van der Waals surface area (Å²) in [6.07, 6.45) is 2.49. The number of carbonyl (C=O) groups is 1. The second kappa shape index (κ2) is 7.97. The highest BCUT2D eigenvalue weighted by Crippen LogP contribution is 2.32. The summed E-state index contributed by atoms with van der Waals surface area (Å²) in [6.45, 7) is 8.56. The summed E-state index contributed by atoms with van der Waals surface area (Å²) >= 11 is 0. The first-order chi connectivity index (χ1) is 13.5. The average molecular weight is 380 g/mol. The van der Waals surface area contributed by atoms with Gasteiger partial charge in [0.2, 0.25) is 0 Å². The summed E-state index contributed by atoms with van der Waals surface area (Å²) in [4.78, 5) is 25.9. The number of carbonyl (C=O) groups excluding carboxylic acids is 1. The van der Waals surface area contributed by atoms with E-state index in [9.17, 15) is 4.79 Å². The van der Waals surface area contributed by atoms with Crippen molar-refractivity contribution in [3.8, 4) is 0 Å². The summed E-state index contributed by atoms with van der Waals surface area (Å²) in [5, 5.41) is 0. The number of fused-ring (bicyclic) bond motifs is 1. The molecular formula is C22H29N5O. The van der Waals surface area contributed by atoms with Gasteiger partial charge in [-0.25, -0.2) is 9.97 Å². The van der Waals surface area contributed by atoms with E-state index in [0.717, 1.165) is 50.5 Å². The van der Waals surface area contributed by atoms with Gasteiger partial charge in [-0.2, -0.15) is 0 Å². The maximum Gasteiger partial charge on any atom is 0.257 e. The van der Waals surface area contributed by atoms with E-state index in [0.29, 0.717) is 17.4 Å².